The minimum Gasteiger partial charge on any atom is -0.495 e. The van der Waals surface area contributed by atoms with E-state index < -0.39 is 16.7 Å². The van der Waals surface area contributed by atoms with Gasteiger partial charge in [-0.3, -0.25) is 24.5 Å². The Labute approximate surface area is 245 Å². The lowest BCUT2D eigenvalue weighted by Gasteiger charge is -2.12. The molecule has 0 saturated heterocycles. The second-order valence-electron chi connectivity index (χ2n) is 8.74. The number of anilines is 2. The molecular formula is C31H26N4O6S. The van der Waals surface area contributed by atoms with Crippen molar-refractivity contribution in [1.29, 1.82) is 0 Å². The fraction of sp³-hybridized carbons (Fsp3) is 0.0645. The van der Waals surface area contributed by atoms with Gasteiger partial charge in [-0.1, -0.05) is 30.3 Å². The van der Waals surface area contributed by atoms with E-state index in [4.69, 9.17) is 4.74 Å². The van der Waals surface area contributed by atoms with Crippen molar-refractivity contribution in [3.05, 3.63) is 130 Å². The molecule has 0 aliphatic heterocycles. The van der Waals surface area contributed by atoms with Crippen molar-refractivity contribution in [2.45, 2.75) is 4.90 Å². The molecule has 42 heavy (non-hydrogen) atoms. The Bertz CT molecular complexity index is 1610. The Morgan fingerprint density at radius 2 is 1.52 bits per heavy atom. The lowest BCUT2D eigenvalue weighted by molar-refractivity contribution is -0.384. The molecule has 0 atom stereocenters. The number of hydrogen-bond acceptors (Lipinski definition) is 7. The summed E-state index contributed by atoms with van der Waals surface area (Å²) < 4.78 is 5.25. The zero-order valence-corrected chi connectivity index (χ0v) is 23.2. The third kappa shape index (κ3) is 8.29. The van der Waals surface area contributed by atoms with Gasteiger partial charge >= 0.3 is 0 Å². The molecule has 0 fully saturated rings. The van der Waals surface area contributed by atoms with E-state index in [9.17, 15) is 24.5 Å². The third-order valence-electron chi connectivity index (χ3n) is 5.81. The first-order chi connectivity index (χ1) is 20.3. The minimum atomic E-state index is -0.589. The average Bonchev–Trinajstić information content (AvgIpc) is 3.01. The van der Waals surface area contributed by atoms with E-state index >= 15 is 0 Å². The fourth-order valence-corrected chi connectivity index (χ4v) is 4.42. The summed E-state index contributed by atoms with van der Waals surface area (Å²) in [6.07, 6.45) is 1.43. The maximum absolute atomic E-state index is 13.2. The smallest absolute Gasteiger partial charge is 0.272 e. The van der Waals surface area contributed by atoms with Gasteiger partial charge in [0.05, 0.1) is 23.5 Å². The van der Waals surface area contributed by atoms with Gasteiger partial charge in [-0.2, -0.15) is 0 Å². The average molecular weight is 583 g/mol. The van der Waals surface area contributed by atoms with E-state index in [0.717, 1.165) is 4.90 Å². The van der Waals surface area contributed by atoms with Gasteiger partial charge in [0.1, 0.15) is 11.4 Å². The zero-order chi connectivity index (χ0) is 29.9. The van der Waals surface area contributed by atoms with Crippen LogP contribution in [0.25, 0.3) is 6.08 Å². The first-order valence-electron chi connectivity index (χ1n) is 12.6. The number of nitrogens with one attached hydrogen (secondary N) is 3. The van der Waals surface area contributed by atoms with Crippen molar-refractivity contribution in [1.82, 2.24) is 5.32 Å². The van der Waals surface area contributed by atoms with Crippen LogP contribution in [0.15, 0.2) is 114 Å². The van der Waals surface area contributed by atoms with Gasteiger partial charge in [0.25, 0.3) is 17.5 Å². The summed E-state index contributed by atoms with van der Waals surface area (Å²) in [4.78, 5) is 49.7. The van der Waals surface area contributed by atoms with E-state index in [1.165, 1.54) is 49.2 Å². The largest absolute Gasteiger partial charge is 0.495 e. The summed E-state index contributed by atoms with van der Waals surface area (Å²) in [5.74, 6) is -0.543. The van der Waals surface area contributed by atoms with Crippen LogP contribution in [-0.2, 0) is 9.59 Å². The number of para-hydroxylation sites is 2. The number of carbonyl (C=O) groups is 3. The van der Waals surface area contributed by atoms with E-state index in [1.54, 1.807) is 72.8 Å². The quantitative estimate of drug-likeness (QED) is 0.0886. The Morgan fingerprint density at radius 1 is 0.857 bits per heavy atom. The van der Waals surface area contributed by atoms with Crippen LogP contribution in [0.4, 0.5) is 17.1 Å². The second-order valence-corrected chi connectivity index (χ2v) is 9.79. The van der Waals surface area contributed by atoms with Crippen LogP contribution in [0.3, 0.4) is 0 Å². The number of nitro groups is 1. The molecule has 0 aliphatic rings. The normalized spacial score (nSPS) is 10.8. The van der Waals surface area contributed by atoms with Crippen molar-refractivity contribution in [2.24, 2.45) is 0 Å². The van der Waals surface area contributed by atoms with Crippen LogP contribution in [0.5, 0.6) is 5.75 Å². The third-order valence-corrected chi connectivity index (χ3v) is 6.82. The molecular weight excluding hydrogens is 556 g/mol. The molecule has 212 valence electrons. The number of amides is 3. The molecule has 0 radical (unpaired) electrons. The predicted molar refractivity (Wildman–Crippen MR) is 162 cm³/mol. The number of ether oxygens (including phenoxy) is 1. The SMILES string of the molecule is COc1ccccc1NC(=O)CSc1ccc(NC(=O)/C(=C/c2ccc([N+](=O)[O-])cc2)NC(=O)c2ccccc2)cc1. The number of non-ortho nitro benzene ring substituents is 1. The summed E-state index contributed by atoms with van der Waals surface area (Å²) >= 11 is 1.32. The Balaban J connectivity index is 1.42. The van der Waals surface area contributed by atoms with Crippen molar-refractivity contribution in [2.75, 3.05) is 23.5 Å². The molecule has 0 aromatic heterocycles. The number of rotatable bonds is 11. The topological polar surface area (TPSA) is 140 Å². The molecule has 0 bridgehead atoms. The van der Waals surface area contributed by atoms with Gasteiger partial charge in [-0.15, -0.1) is 11.8 Å². The van der Waals surface area contributed by atoms with Gasteiger partial charge in [-0.25, -0.2) is 0 Å². The van der Waals surface area contributed by atoms with Crippen LogP contribution in [0.1, 0.15) is 15.9 Å². The summed E-state index contributed by atoms with van der Waals surface area (Å²) in [7, 11) is 1.53. The molecule has 4 rings (SSSR count). The standard InChI is InChI=1S/C31H26N4O6S/c1-41-28-10-6-5-9-26(28)33-29(36)20-42-25-17-13-23(14-18-25)32-31(38)27(34-30(37)22-7-3-2-4-8-22)19-21-11-15-24(16-12-21)35(39)40/h2-19H,20H2,1H3,(H,32,38)(H,33,36)(H,34,37)/b27-19-. The highest BCUT2D eigenvalue weighted by Crippen LogP contribution is 2.25. The van der Waals surface area contributed by atoms with Crippen LogP contribution in [-0.4, -0.2) is 35.5 Å². The summed E-state index contributed by atoms with van der Waals surface area (Å²) in [6.45, 7) is 0. The van der Waals surface area contributed by atoms with E-state index in [0.29, 0.717) is 28.3 Å². The van der Waals surface area contributed by atoms with Gasteiger partial charge in [0, 0.05) is 28.3 Å². The zero-order valence-electron chi connectivity index (χ0n) is 22.4. The molecule has 4 aromatic rings. The van der Waals surface area contributed by atoms with Crippen LogP contribution in [0.2, 0.25) is 0 Å². The fourth-order valence-electron chi connectivity index (χ4n) is 3.72. The van der Waals surface area contributed by atoms with E-state index in [2.05, 4.69) is 16.0 Å². The van der Waals surface area contributed by atoms with Gasteiger partial charge < -0.3 is 20.7 Å². The summed E-state index contributed by atoms with van der Waals surface area (Å²) in [5.41, 5.74) is 1.74. The van der Waals surface area contributed by atoms with Crippen molar-refractivity contribution < 1.29 is 24.0 Å². The lowest BCUT2D eigenvalue weighted by Crippen LogP contribution is -2.30. The number of hydrogen-bond donors (Lipinski definition) is 3. The molecule has 0 aliphatic carbocycles. The molecule has 10 nitrogen and oxygen atoms in total. The number of carbonyl (C=O) groups excluding carboxylic acids is 3. The Morgan fingerprint density at radius 3 is 2.19 bits per heavy atom. The van der Waals surface area contributed by atoms with Gasteiger partial charge in [0.15, 0.2) is 0 Å². The minimum absolute atomic E-state index is 0.0517. The van der Waals surface area contributed by atoms with Gasteiger partial charge in [-0.05, 0) is 72.3 Å². The van der Waals surface area contributed by atoms with Crippen molar-refractivity contribution in [3.8, 4) is 5.75 Å². The van der Waals surface area contributed by atoms with Crippen molar-refractivity contribution in [3.63, 3.8) is 0 Å². The maximum atomic E-state index is 13.2. The highest BCUT2D eigenvalue weighted by atomic mass is 32.2. The highest BCUT2D eigenvalue weighted by molar-refractivity contribution is 8.00. The molecule has 4 aromatic carbocycles. The van der Waals surface area contributed by atoms with Crippen molar-refractivity contribution >= 4 is 52.6 Å². The predicted octanol–water partition coefficient (Wildman–Crippen LogP) is 5.74. The molecule has 0 unspecified atom stereocenters. The molecule has 0 spiro atoms. The molecule has 0 heterocycles. The number of thioether (sulfide) groups is 1. The molecule has 3 N–H and O–H groups in total. The number of nitrogens with zero attached hydrogens (tertiary/aromatic N) is 1. The summed E-state index contributed by atoms with van der Waals surface area (Å²) in [5, 5.41) is 19.2. The summed E-state index contributed by atoms with van der Waals surface area (Å²) in [6, 6.07) is 28.0. The van der Waals surface area contributed by atoms with E-state index in [1.807, 2.05) is 6.07 Å². The molecule has 0 saturated carbocycles. The second kappa shape index (κ2) is 14.3. The first kappa shape index (κ1) is 29.6. The lowest BCUT2D eigenvalue weighted by atomic mass is 10.1. The monoisotopic (exact) mass is 582 g/mol. The molecule has 3 amide bonds. The maximum Gasteiger partial charge on any atom is 0.272 e. The number of benzene rings is 4. The number of nitro benzene ring substituents is 1. The van der Waals surface area contributed by atoms with Crippen LogP contribution < -0.4 is 20.7 Å². The highest BCUT2D eigenvalue weighted by Gasteiger charge is 2.16. The Hall–Kier alpha value is -5.42. The Kier molecular flexibility index (Phi) is 10.1. The van der Waals surface area contributed by atoms with Crippen LogP contribution in [0, 0.1) is 10.1 Å². The molecule has 11 heteroatoms. The van der Waals surface area contributed by atoms with Crippen LogP contribution >= 0.6 is 11.8 Å². The number of methoxy groups -OCH3 is 1. The van der Waals surface area contributed by atoms with Gasteiger partial charge in [0.2, 0.25) is 5.91 Å². The van der Waals surface area contributed by atoms with E-state index in [-0.39, 0.29) is 23.0 Å². The first-order valence-corrected chi connectivity index (χ1v) is 13.6.